The number of aliphatic hydroxyl groups excluding tert-OH is 2. The fourth-order valence-corrected chi connectivity index (χ4v) is 15.8. The van der Waals surface area contributed by atoms with Crippen LogP contribution in [0.2, 0.25) is 0 Å². The summed E-state index contributed by atoms with van der Waals surface area (Å²) in [5.41, 5.74) is 33.5. The van der Waals surface area contributed by atoms with Gasteiger partial charge in [0.15, 0.2) is 11.6 Å². The van der Waals surface area contributed by atoms with Crippen LogP contribution in [0.1, 0.15) is 179 Å². The second-order valence-electron chi connectivity index (χ2n) is 40.9. The maximum absolute atomic E-state index is 11.5. The van der Waals surface area contributed by atoms with E-state index < -0.39 is 5.41 Å². The number of rotatable bonds is 21. The van der Waals surface area contributed by atoms with Crippen molar-refractivity contribution in [2.75, 3.05) is 0 Å². The Morgan fingerprint density at radius 1 is 0.327 bits per heavy atom. The normalized spacial score (nSPS) is 11.0. The van der Waals surface area contributed by atoms with Gasteiger partial charge >= 0.3 is 0 Å². The van der Waals surface area contributed by atoms with E-state index in [-0.39, 0.29) is 109 Å². The molecule has 4 radical (unpaired) electrons. The number of allylic oxidation sites excluding steroid dienone is 4. The molecule has 0 aliphatic heterocycles. The van der Waals surface area contributed by atoms with E-state index in [2.05, 4.69) is 315 Å². The zero-order chi connectivity index (χ0) is 103. The summed E-state index contributed by atoms with van der Waals surface area (Å²) >= 11 is 0. The minimum Gasteiger partial charge on any atom is -0.512 e. The summed E-state index contributed by atoms with van der Waals surface area (Å²) in [4.78, 5) is 50.2. The van der Waals surface area contributed by atoms with Crippen molar-refractivity contribution in [3.05, 3.63) is 444 Å². The number of carbonyl (C=O) groups is 2. The number of aryl methyl sites for hydroxylation is 7. The molecule has 14 heteroatoms. The van der Waals surface area contributed by atoms with E-state index in [9.17, 15) is 19.8 Å². The van der Waals surface area contributed by atoms with Gasteiger partial charge in [-0.1, -0.05) is 296 Å². The molecular formula is C133H142Ir4N6O4-6. The largest absolute Gasteiger partial charge is 0.512 e. The predicted molar refractivity (Wildman–Crippen MR) is 600 cm³/mol. The Morgan fingerprint density at radius 2 is 0.755 bits per heavy atom. The molecule has 0 saturated carbocycles. The van der Waals surface area contributed by atoms with Crippen molar-refractivity contribution in [1.82, 2.24) is 29.9 Å². The summed E-state index contributed by atoms with van der Waals surface area (Å²) in [6, 6.07) is 124. The summed E-state index contributed by atoms with van der Waals surface area (Å²) < 4.78 is 0. The third-order valence-electron chi connectivity index (χ3n) is 22.9. The van der Waals surface area contributed by atoms with Crippen LogP contribution in [0, 0.1) is 125 Å². The average molecular weight is 2660 g/mol. The third-order valence-corrected chi connectivity index (χ3v) is 22.9. The number of aliphatic hydroxyl groups is 2. The molecule has 147 heavy (non-hydrogen) atoms. The summed E-state index contributed by atoms with van der Waals surface area (Å²) in [6.07, 6.45) is 14.5. The number of nitrogens with zero attached hydrogens (tertiary/aromatic N) is 6. The number of aromatic nitrogens is 6. The van der Waals surface area contributed by atoms with Gasteiger partial charge in [0, 0.05) is 157 Å². The van der Waals surface area contributed by atoms with Gasteiger partial charge in [-0.15, -0.1) is 213 Å². The maximum atomic E-state index is 11.5. The van der Waals surface area contributed by atoms with Crippen molar-refractivity contribution in [2.45, 2.75) is 191 Å². The fraction of sp³-hybridized carbons (Fsp3) is 0.263. The molecule has 0 atom stereocenters. The van der Waals surface area contributed by atoms with E-state index in [1.165, 1.54) is 101 Å². The van der Waals surface area contributed by atoms with Gasteiger partial charge < -0.3 is 30.1 Å². The molecule has 0 saturated heterocycles. The summed E-state index contributed by atoms with van der Waals surface area (Å²) in [5.74, 6) is 2.98. The Balaban J connectivity index is 0.000000260. The second-order valence-corrected chi connectivity index (χ2v) is 40.9. The van der Waals surface area contributed by atoms with E-state index in [0.717, 1.165) is 109 Å². The molecule has 11 aromatic carbocycles. The van der Waals surface area contributed by atoms with Gasteiger partial charge in [-0.25, -0.2) is 0 Å². The monoisotopic (exact) mass is 2660 g/mol. The van der Waals surface area contributed by atoms with E-state index in [1.54, 1.807) is 0 Å². The summed E-state index contributed by atoms with van der Waals surface area (Å²) in [5, 5.41) is 21.4. The Morgan fingerprint density at radius 3 is 1.20 bits per heavy atom. The van der Waals surface area contributed by atoms with Crippen LogP contribution in [0.25, 0.3) is 123 Å². The Hall–Kier alpha value is -12.1. The van der Waals surface area contributed by atoms with Crippen LogP contribution >= 0.6 is 0 Å². The van der Waals surface area contributed by atoms with Crippen LogP contribution in [0.4, 0.5) is 0 Å². The second kappa shape index (κ2) is 61.6. The number of benzene rings is 11. The molecule has 0 bridgehead atoms. The van der Waals surface area contributed by atoms with Gasteiger partial charge in [0.25, 0.3) is 0 Å². The molecular weight excluding hydrogens is 2510 g/mol. The molecule has 6 heterocycles. The molecule has 0 amide bonds. The van der Waals surface area contributed by atoms with Gasteiger partial charge in [-0.3, -0.25) is 19.6 Å². The van der Waals surface area contributed by atoms with Gasteiger partial charge in [0.2, 0.25) is 0 Å². The van der Waals surface area contributed by atoms with E-state index in [4.69, 9.17) is 9.97 Å². The van der Waals surface area contributed by atoms with Crippen LogP contribution < -0.4 is 0 Å². The molecule has 0 spiro atoms. The van der Waals surface area contributed by atoms with Gasteiger partial charge in [-0.2, -0.15) is 0 Å². The Bertz CT molecular complexity index is 6920. The topological polar surface area (TPSA) is 152 Å². The molecule has 770 valence electrons. The zero-order valence-corrected chi connectivity index (χ0v) is 99.1. The molecule has 0 unspecified atom stereocenters. The fourth-order valence-electron chi connectivity index (χ4n) is 15.8. The van der Waals surface area contributed by atoms with Crippen LogP contribution in [-0.4, -0.2) is 51.7 Å². The Labute approximate surface area is 931 Å². The summed E-state index contributed by atoms with van der Waals surface area (Å²) in [7, 11) is 0. The molecule has 17 aromatic rings. The number of para-hydroxylation sites is 1. The minimum absolute atomic E-state index is 0. The van der Waals surface area contributed by atoms with Crippen molar-refractivity contribution in [1.29, 1.82) is 0 Å². The quantitative estimate of drug-likeness (QED) is 0.0404. The molecule has 0 fully saturated rings. The third kappa shape index (κ3) is 41.5. The molecule has 17 rings (SSSR count). The smallest absolute Gasteiger partial charge is 0.164 e. The van der Waals surface area contributed by atoms with E-state index >= 15 is 0 Å². The van der Waals surface area contributed by atoms with Gasteiger partial charge in [0.05, 0.1) is 16.8 Å². The number of hydrogen-bond donors (Lipinski definition) is 2. The van der Waals surface area contributed by atoms with Crippen molar-refractivity contribution < 1.29 is 100 Å². The van der Waals surface area contributed by atoms with Crippen LogP contribution in [0.5, 0.6) is 0 Å². The van der Waals surface area contributed by atoms with Crippen LogP contribution in [0.3, 0.4) is 0 Å². The first-order valence-electron chi connectivity index (χ1n) is 49.9. The number of pyridine rings is 6. The van der Waals surface area contributed by atoms with Crippen molar-refractivity contribution in [3.8, 4) is 101 Å². The molecule has 10 nitrogen and oxygen atoms in total. The number of hydrogen-bond acceptors (Lipinski definition) is 10. The zero-order valence-electron chi connectivity index (χ0n) is 89.5. The molecule has 6 aromatic heterocycles. The first-order valence-corrected chi connectivity index (χ1v) is 49.9. The SMILES string of the molecule is CC(C)(C)C(=O)C=C(O)C(C)(C)C.CC(C)CC(=O)/C=C(\O)CC(C)C.CC(C)Cc1ccc(-c2ccnc(-c3[c-]cccc3)c2)cc1.Cc1[c-]c(-c2cc(CC(C)C)c3cc(-c4ccccc4)ccc3n2)cc(C)c1.Cc1[c-]c(-c2cc(CC(C)C)c3ccccc3n2)cc(C)c1.Cc1cc(-c2[c-]cccc2)ncc1-c1ccccc1.Cc1ccc(-c2[c-]cccc2)nc1.Cc1ccnc(-c2[c-]cccc2)c1.[Ir].[Ir].[Ir].[Ir]. The first kappa shape index (κ1) is 124. The molecule has 0 aliphatic rings. The van der Waals surface area contributed by atoms with Crippen molar-refractivity contribution in [2.24, 2.45) is 40.4 Å². The van der Waals surface area contributed by atoms with E-state index in [1.807, 2.05) is 228 Å². The van der Waals surface area contributed by atoms with Crippen LogP contribution in [0.15, 0.2) is 352 Å². The number of fused-ring (bicyclic) bond motifs is 2. The average Bonchev–Trinajstić information content (AvgIpc) is 0.767. The molecule has 2 N–H and O–H groups in total. The van der Waals surface area contributed by atoms with E-state index in [0.29, 0.717) is 42.4 Å². The minimum atomic E-state index is -0.417. The predicted octanol–water partition coefficient (Wildman–Crippen LogP) is 34.5. The summed E-state index contributed by atoms with van der Waals surface area (Å²) in [6.45, 7) is 47.3. The first-order chi connectivity index (χ1) is 68.3. The maximum Gasteiger partial charge on any atom is 0.164 e. The van der Waals surface area contributed by atoms with Crippen molar-refractivity contribution in [3.63, 3.8) is 0 Å². The van der Waals surface area contributed by atoms with Crippen molar-refractivity contribution >= 4 is 33.4 Å². The number of ketones is 2. The molecule has 0 aliphatic carbocycles. The number of carbonyl (C=O) groups excluding carboxylic acids is 2. The van der Waals surface area contributed by atoms with Gasteiger partial charge in [-0.05, 0) is 190 Å². The standard InChI is InChI=1S/C27H26N.C21H22N.C21H20N.C18H14N.2C12H10N.2C11H20O2.4Ir/c1-18(2)12-23-17-27(24-14-19(3)13-20(4)15-24)28-26-11-10-22(16-25(23)26)21-8-6-5-7-9-21;1-14(2)9-17-13-21(18-11-15(3)10-16(4)12-18)22-20-8-6-5-7-19(17)20;1-16(2)14-17-8-10-18(11-9-17)20-12-13-22-21(15-20)19-6-4-3-5-7-19;1-14-12-18(16-10-6-3-7-11-16)19-13-17(14)15-8-4-2-5-9-15;1-10-7-8-13-12(9-10)11-5-3-2-4-6-11;1-10-7-8-12(13-9-10)11-5-3-2-4-6-11;1-10(2,3)8(12)7-9(13)11(4,5)6;1-8(2)5-10(12)7-11(13)6-9(3)4;;;;/h5-11,13-14,16-18H,12H2,1-4H3;5-8,10-11,13-14H,9H2,1-4H3;3-6,8-13,15-16H,14H2,1-2H3;2-10,12-13H,1H3;2*2-5,7-9H,1H3;7,12H,1-6H3;7-9,12H,5-6H2,1-4H3;;;;/q6*-1;;;;;;/b;;;;;;;10-7-;;;;. The van der Waals surface area contributed by atoms with Crippen LogP contribution in [-0.2, 0) is 109 Å². The van der Waals surface area contributed by atoms with Gasteiger partial charge in [0.1, 0.15) is 5.76 Å². The Kier molecular flexibility index (Phi) is 51.8.